The van der Waals surface area contributed by atoms with Gasteiger partial charge in [-0.05, 0) is 113 Å². The van der Waals surface area contributed by atoms with E-state index < -0.39 is 0 Å². The number of para-hydroxylation sites is 2. The maximum atomic E-state index is 9.59. The number of halogens is 2. The fourth-order valence-electron chi connectivity index (χ4n) is 9.02. The SMILES string of the molecule is [2H]c1cc2c3c(cc4c([2H])cc5c6c(cc1c3c46)B1c3ccccc3Oc3cc(Br)cc-5c31)B1c3ccccc3Oc3cc(Br)cc-2c31. The van der Waals surface area contributed by atoms with E-state index in [1.165, 1.54) is 21.7 Å². The second-order valence-corrected chi connectivity index (χ2v) is 14.6. The number of hydrogen-bond donors (Lipinski definition) is 0. The van der Waals surface area contributed by atoms with E-state index in [0.717, 1.165) is 97.6 Å². The molecule has 0 N–H and O–H groups in total. The molecule has 4 aliphatic heterocycles. The Morgan fingerprint density at radius 1 is 0.457 bits per heavy atom. The third kappa shape index (κ3) is 2.84. The van der Waals surface area contributed by atoms with E-state index in [4.69, 9.17) is 9.47 Å². The van der Waals surface area contributed by atoms with E-state index in [2.05, 4.69) is 105 Å². The Kier molecular flexibility index (Phi) is 4.11. The van der Waals surface area contributed by atoms with Crippen molar-refractivity contribution >= 4 is 110 Å². The van der Waals surface area contributed by atoms with Crippen LogP contribution in [0.5, 0.6) is 23.0 Å². The molecule has 0 aliphatic carbocycles. The van der Waals surface area contributed by atoms with Crippen LogP contribution < -0.4 is 42.3 Å². The van der Waals surface area contributed by atoms with Crippen LogP contribution in [-0.4, -0.2) is 13.4 Å². The van der Waals surface area contributed by atoms with Crippen LogP contribution in [0, 0.1) is 0 Å². The van der Waals surface area contributed by atoms with Gasteiger partial charge in [0.25, 0.3) is 13.4 Å². The Morgan fingerprint density at radius 3 is 1.39 bits per heavy atom. The van der Waals surface area contributed by atoms with Crippen LogP contribution in [0.4, 0.5) is 0 Å². The number of ether oxygens (including phenoxy) is 2. The van der Waals surface area contributed by atoms with Crippen molar-refractivity contribution < 1.29 is 12.2 Å². The minimum absolute atomic E-state index is 0.0585. The summed E-state index contributed by atoms with van der Waals surface area (Å²) in [7, 11) is 0. The zero-order valence-corrected chi connectivity index (χ0v) is 27.1. The maximum absolute atomic E-state index is 9.59. The fraction of sp³-hybridized carbons (Fsp3) is 0. The Bertz CT molecular complexity index is 2680. The van der Waals surface area contributed by atoms with E-state index >= 15 is 0 Å². The van der Waals surface area contributed by atoms with Crippen LogP contribution >= 0.6 is 31.9 Å². The van der Waals surface area contributed by atoms with Crippen molar-refractivity contribution in [1.82, 2.24) is 0 Å². The highest BCUT2D eigenvalue weighted by molar-refractivity contribution is 9.10. The smallest absolute Gasteiger partial charge is 0.252 e. The van der Waals surface area contributed by atoms with Crippen molar-refractivity contribution in [3.05, 3.63) is 118 Å². The highest BCUT2D eigenvalue weighted by Gasteiger charge is 2.43. The largest absolute Gasteiger partial charge is 0.458 e. The fourth-order valence-corrected chi connectivity index (χ4v) is 9.90. The lowest BCUT2D eigenvalue weighted by molar-refractivity contribution is 0.487. The molecule has 210 valence electrons. The first-order valence-electron chi connectivity index (χ1n) is 16.5. The molecule has 6 heteroatoms. The van der Waals surface area contributed by atoms with Crippen molar-refractivity contribution in [3.63, 3.8) is 0 Å². The van der Waals surface area contributed by atoms with Crippen molar-refractivity contribution in [3.8, 4) is 45.3 Å². The topological polar surface area (TPSA) is 18.5 Å². The molecule has 0 radical (unpaired) electrons. The van der Waals surface area contributed by atoms with Gasteiger partial charge in [0.15, 0.2) is 0 Å². The van der Waals surface area contributed by atoms with Crippen LogP contribution in [-0.2, 0) is 0 Å². The summed E-state index contributed by atoms with van der Waals surface area (Å²) in [6.45, 7) is -0.117. The summed E-state index contributed by atoms with van der Waals surface area (Å²) in [5, 5.41) is 6.34. The second-order valence-electron chi connectivity index (χ2n) is 12.8. The van der Waals surface area contributed by atoms with Crippen molar-refractivity contribution in [2.75, 3.05) is 0 Å². The Morgan fingerprint density at radius 2 is 0.913 bits per heavy atom. The Labute approximate surface area is 284 Å². The average Bonchev–Trinajstić information content (AvgIpc) is 3.08. The average molecular weight is 714 g/mol. The first-order valence-corrected chi connectivity index (χ1v) is 17.0. The summed E-state index contributed by atoms with van der Waals surface area (Å²) in [6, 6.07) is 34.7. The highest BCUT2D eigenvalue weighted by Crippen LogP contribution is 2.47. The second kappa shape index (κ2) is 8.25. The van der Waals surface area contributed by atoms with Gasteiger partial charge >= 0.3 is 0 Å². The Balaban J connectivity index is 1.31. The molecule has 46 heavy (non-hydrogen) atoms. The number of fused-ring (bicyclic) bond motifs is 8. The predicted molar refractivity (Wildman–Crippen MR) is 199 cm³/mol. The molecule has 0 fully saturated rings. The molecule has 0 bridgehead atoms. The van der Waals surface area contributed by atoms with Gasteiger partial charge in [0.1, 0.15) is 23.0 Å². The molecule has 4 heterocycles. The first-order chi connectivity index (χ1) is 23.4. The van der Waals surface area contributed by atoms with Gasteiger partial charge in [0, 0.05) is 8.95 Å². The van der Waals surface area contributed by atoms with Crippen molar-refractivity contribution in [1.29, 1.82) is 0 Å². The van der Waals surface area contributed by atoms with Gasteiger partial charge in [0.05, 0.1) is 2.74 Å². The van der Waals surface area contributed by atoms with Crippen molar-refractivity contribution in [2.24, 2.45) is 0 Å². The molecule has 0 spiro atoms. The van der Waals surface area contributed by atoms with Crippen LogP contribution in [0.3, 0.4) is 0 Å². The monoisotopic (exact) mass is 712 g/mol. The molecular weight excluding hydrogens is 694 g/mol. The molecule has 0 saturated heterocycles. The summed E-state index contributed by atoms with van der Waals surface area (Å²) in [6.07, 6.45) is 0. The van der Waals surface area contributed by atoms with Gasteiger partial charge in [-0.1, -0.05) is 116 Å². The molecule has 8 aromatic rings. The van der Waals surface area contributed by atoms with Gasteiger partial charge in [0.2, 0.25) is 0 Å². The summed E-state index contributed by atoms with van der Waals surface area (Å²) in [5.41, 5.74) is 11.1. The molecule has 2 nitrogen and oxygen atoms in total. The molecule has 0 atom stereocenters. The molecular formula is C40H18B2Br2O2. The van der Waals surface area contributed by atoms with E-state index in [9.17, 15) is 2.74 Å². The molecule has 4 aliphatic rings. The lowest BCUT2D eigenvalue weighted by Gasteiger charge is -2.36. The summed E-state index contributed by atoms with van der Waals surface area (Å²) >= 11 is 7.56. The number of benzene rings is 8. The first kappa shape index (κ1) is 22.9. The predicted octanol–water partition coefficient (Wildman–Crippen LogP) is 7.31. The molecule has 0 amide bonds. The van der Waals surface area contributed by atoms with Crippen LogP contribution in [0.1, 0.15) is 2.74 Å². The van der Waals surface area contributed by atoms with Crippen LogP contribution in [0.15, 0.2) is 118 Å². The molecule has 0 saturated carbocycles. The minimum Gasteiger partial charge on any atom is -0.458 e. The van der Waals surface area contributed by atoms with E-state index in [1.807, 2.05) is 24.3 Å². The number of rotatable bonds is 0. The maximum Gasteiger partial charge on any atom is 0.252 e. The molecule has 12 rings (SSSR count). The highest BCUT2D eigenvalue weighted by atomic mass is 79.9. The van der Waals surface area contributed by atoms with E-state index in [0.29, 0.717) is 12.1 Å². The van der Waals surface area contributed by atoms with Gasteiger partial charge in [-0.15, -0.1) is 0 Å². The van der Waals surface area contributed by atoms with Gasteiger partial charge in [-0.25, -0.2) is 0 Å². The van der Waals surface area contributed by atoms with Gasteiger partial charge < -0.3 is 9.47 Å². The normalized spacial score (nSPS) is 14.7. The van der Waals surface area contributed by atoms with E-state index in [1.54, 1.807) is 0 Å². The lowest BCUT2D eigenvalue weighted by atomic mass is 9.32. The van der Waals surface area contributed by atoms with Crippen LogP contribution in [0.25, 0.3) is 54.6 Å². The third-order valence-corrected chi connectivity index (χ3v) is 11.6. The zero-order valence-electron chi connectivity index (χ0n) is 26.0. The summed E-state index contributed by atoms with van der Waals surface area (Å²) in [5.74, 6) is 3.38. The Hall–Kier alpha value is -4.51. The minimum atomic E-state index is -0.0585. The standard InChI is InChI=1S/C40H18B2Br2O2/c43-21-15-25-23-11-10-20-14-30-38-24(26-16-22(44)18-34-40(26)42(30)28-6-2-4-8-32(28)46-34)12-9-19-13-29(37(23)35(20)36(19)38)41-27-5-1-3-7-31(27)45-33(17-21)39(25)41/h1-18H/i9D,10D. The molecule has 0 unspecified atom stereocenters. The van der Waals surface area contributed by atoms with Gasteiger partial charge in [-0.2, -0.15) is 0 Å². The van der Waals surface area contributed by atoms with Crippen LogP contribution in [0.2, 0.25) is 0 Å². The van der Waals surface area contributed by atoms with Gasteiger partial charge in [-0.3, -0.25) is 0 Å². The summed E-state index contributed by atoms with van der Waals surface area (Å²) in [4.78, 5) is 0. The summed E-state index contributed by atoms with van der Waals surface area (Å²) < 4.78 is 34.1. The number of hydrogen-bond acceptors (Lipinski definition) is 2. The van der Waals surface area contributed by atoms with Crippen molar-refractivity contribution in [2.45, 2.75) is 0 Å². The quantitative estimate of drug-likeness (QED) is 0.121. The lowest BCUT2D eigenvalue weighted by Crippen LogP contribution is -2.58. The molecule has 8 aromatic carbocycles. The third-order valence-electron chi connectivity index (χ3n) is 10.6. The zero-order chi connectivity index (χ0) is 31.7. The van der Waals surface area contributed by atoms with E-state index in [-0.39, 0.29) is 13.4 Å². The molecule has 0 aromatic heterocycles.